The predicted octanol–water partition coefficient (Wildman–Crippen LogP) is 3.50. The summed E-state index contributed by atoms with van der Waals surface area (Å²) in [6, 6.07) is 10.6. The zero-order valence-corrected chi connectivity index (χ0v) is 16.8. The number of nitrogens with one attached hydrogen (secondary N) is 2. The number of benzene rings is 1. The minimum atomic E-state index is -0.665. The standard InChI is InChI=1S/C18H19ClN2O4S2/c19-13-3-5-15(6-4-13)27-11-8-17(23)25-12-16(22)21-18(24)20-9-7-14-2-1-10-26-14/h1-6,10H,7-9,11-12H2,(H2,20,21,22,24). The second kappa shape index (κ2) is 11.6. The summed E-state index contributed by atoms with van der Waals surface area (Å²) < 4.78 is 4.86. The second-order valence-electron chi connectivity index (χ2n) is 5.35. The lowest BCUT2D eigenvalue weighted by atomic mass is 10.3. The first-order valence-corrected chi connectivity index (χ1v) is 10.4. The van der Waals surface area contributed by atoms with E-state index in [9.17, 15) is 14.4 Å². The van der Waals surface area contributed by atoms with E-state index in [-0.39, 0.29) is 6.42 Å². The van der Waals surface area contributed by atoms with Gasteiger partial charge in [-0.15, -0.1) is 23.1 Å². The normalized spacial score (nSPS) is 10.3. The number of hydrogen-bond donors (Lipinski definition) is 2. The van der Waals surface area contributed by atoms with Crippen molar-refractivity contribution in [2.45, 2.75) is 17.7 Å². The molecular formula is C18H19ClN2O4S2. The summed E-state index contributed by atoms with van der Waals surface area (Å²) in [6.07, 6.45) is 0.854. The molecule has 0 saturated carbocycles. The number of hydrogen-bond acceptors (Lipinski definition) is 6. The van der Waals surface area contributed by atoms with Crippen LogP contribution in [0.5, 0.6) is 0 Å². The molecule has 0 unspecified atom stereocenters. The summed E-state index contributed by atoms with van der Waals surface area (Å²) in [4.78, 5) is 37.0. The van der Waals surface area contributed by atoms with Gasteiger partial charge in [-0.05, 0) is 42.1 Å². The van der Waals surface area contributed by atoms with Gasteiger partial charge in [0.05, 0.1) is 6.42 Å². The first-order valence-electron chi connectivity index (χ1n) is 8.17. The Morgan fingerprint density at radius 3 is 2.63 bits per heavy atom. The third-order valence-electron chi connectivity index (χ3n) is 3.24. The second-order valence-corrected chi connectivity index (χ2v) is 7.98. The van der Waals surface area contributed by atoms with Crippen LogP contribution in [0.4, 0.5) is 4.79 Å². The molecule has 0 aliphatic rings. The monoisotopic (exact) mass is 426 g/mol. The van der Waals surface area contributed by atoms with Crippen molar-refractivity contribution in [1.82, 2.24) is 10.6 Å². The van der Waals surface area contributed by atoms with Crippen molar-refractivity contribution in [1.29, 1.82) is 0 Å². The maximum absolute atomic E-state index is 11.6. The quantitative estimate of drug-likeness (QED) is 0.473. The van der Waals surface area contributed by atoms with Crippen molar-refractivity contribution in [2.24, 2.45) is 0 Å². The van der Waals surface area contributed by atoms with Crippen LogP contribution >= 0.6 is 34.7 Å². The van der Waals surface area contributed by atoms with Gasteiger partial charge in [0.25, 0.3) is 5.91 Å². The van der Waals surface area contributed by atoms with Crippen LogP contribution in [0.15, 0.2) is 46.7 Å². The van der Waals surface area contributed by atoms with Crippen molar-refractivity contribution in [2.75, 3.05) is 18.9 Å². The molecular weight excluding hydrogens is 408 g/mol. The molecule has 1 aromatic heterocycles. The van der Waals surface area contributed by atoms with E-state index in [1.54, 1.807) is 23.5 Å². The molecule has 27 heavy (non-hydrogen) atoms. The SMILES string of the molecule is O=C(COC(=O)CCSc1ccc(Cl)cc1)NC(=O)NCCc1cccs1. The van der Waals surface area contributed by atoms with E-state index < -0.39 is 24.5 Å². The van der Waals surface area contributed by atoms with Crippen molar-refractivity contribution in [3.05, 3.63) is 51.7 Å². The van der Waals surface area contributed by atoms with Crippen molar-refractivity contribution in [3.8, 4) is 0 Å². The maximum atomic E-state index is 11.6. The Morgan fingerprint density at radius 1 is 1.15 bits per heavy atom. The van der Waals surface area contributed by atoms with E-state index in [1.807, 2.05) is 29.6 Å². The number of halogens is 1. The molecule has 0 atom stereocenters. The van der Waals surface area contributed by atoms with Crippen LogP contribution in [0.3, 0.4) is 0 Å². The molecule has 0 radical (unpaired) electrons. The average Bonchev–Trinajstić information content (AvgIpc) is 3.15. The van der Waals surface area contributed by atoms with Crippen molar-refractivity contribution >= 4 is 52.6 Å². The predicted molar refractivity (Wildman–Crippen MR) is 107 cm³/mol. The Bertz CT molecular complexity index is 751. The lowest BCUT2D eigenvalue weighted by Gasteiger charge is -2.07. The molecule has 1 aromatic carbocycles. The molecule has 9 heteroatoms. The Balaban J connectivity index is 1.53. The molecule has 0 bridgehead atoms. The van der Waals surface area contributed by atoms with E-state index in [1.165, 1.54) is 11.8 Å². The highest BCUT2D eigenvalue weighted by Gasteiger charge is 2.11. The minimum Gasteiger partial charge on any atom is -0.456 e. The summed E-state index contributed by atoms with van der Waals surface area (Å²) >= 11 is 8.89. The number of urea groups is 1. The molecule has 6 nitrogen and oxygen atoms in total. The third-order valence-corrected chi connectivity index (χ3v) is 5.44. The Labute approximate surface area is 170 Å². The van der Waals surface area contributed by atoms with Gasteiger partial charge in [0.2, 0.25) is 0 Å². The van der Waals surface area contributed by atoms with E-state index in [0.29, 0.717) is 23.7 Å². The average molecular weight is 427 g/mol. The molecule has 2 N–H and O–H groups in total. The number of rotatable bonds is 9. The highest BCUT2D eigenvalue weighted by atomic mass is 35.5. The minimum absolute atomic E-state index is 0.160. The molecule has 2 rings (SSSR count). The van der Waals surface area contributed by atoms with Crippen LogP contribution in [0.2, 0.25) is 5.02 Å². The van der Waals surface area contributed by atoms with Crippen LogP contribution in [0.1, 0.15) is 11.3 Å². The number of ether oxygens (including phenoxy) is 1. The topological polar surface area (TPSA) is 84.5 Å². The Kier molecular flexibility index (Phi) is 9.17. The van der Waals surface area contributed by atoms with Crippen molar-refractivity contribution in [3.63, 3.8) is 0 Å². The lowest BCUT2D eigenvalue weighted by molar-refractivity contribution is -0.147. The van der Waals surface area contributed by atoms with E-state index in [4.69, 9.17) is 16.3 Å². The van der Waals surface area contributed by atoms with Gasteiger partial charge in [-0.1, -0.05) is 17.7 Å². The number of esters is 1. The summed E-state index contributed by atoms with van der Waals surface area (Å²) in [6.45, 7) is -0.0654. The van der Waals surface area contributed by atoms with Gasteiger partial charge in [-0.2, -0.15) is 0 Å². The third kappa shape index (κ3) is 8.94. The highest BCUT2D eigenvalue weighted by molar-refractivity contribution is 7.99. The summed E-state index contributed by atoms with van der Waals surface area (Å²) in [7, 11) is 0. The zero-order chi connectivity index (χ0) is 19.5. The van der Waals surface area contributed by atoms with Crippen LogP contribution in [-0.4, -0.2) is 36.8 Å². The van der Waals surface area contributed by atoms with Crippen LogP contribution in [0, 0.1) is 0 Å². The molecule has 0 aliphatic carbocycles. The molecule has 2 aromatic rings. The maximum Gasteiger partial charge on any atom is 0.321 e. The lowest BCUT2D eigenvalue weighted by Crippen LogP contribution is -2.42. The molecule has 1 heterocycles. The van der Waals surface area contributed by atoms with E-state index in [0.717, 1.165) is 9.77 Å². The fourth-order valence-electron chi connectivity index (χ4n) is 1.96. The van der Waals surface area contributed by atoms with Gasteiger partial charge in [-0.3, -0.25) is 14.9 Å². The van der Waals surface area contributed by atoms with Crippen LogP contribution < -0.4 is 10.6 Å². The Hall–Kier alpha value is -2.03. The largest absolute Gasteiger partial charge is 0.456 e. The van der Waals surface area contributed by atoms with E-state index in [2.05, 4.69) is 10.6 Å². The van der Waals surface area contributed by atoms with Crippen LogP contribution in [0.25, 0.3) is 0 Å². The van der Waals surface area contributed by atoms with Gasteiger partial charge in [0.15, 0.2) is 6.61 Å². The van der Waals surface area contributed by atoms with E-state index >= 15 is 0 Å². The van der Waals surface area contributed by atoms with Crippen LogP contribution in [-0.2, 0) is 20.7 Å². The number of imide groups is 1. The van der Waals surface area contributed by atoms with Crippen molar-refractivity contribution < 1.29 is 19.1 Å². The van der Waals surface area contributed by atoms with Gasteiger partial charge in [0, 0.05) is 27.1 Å². The first kappa shape index (κ1) is 21.3. The summed E-state index contributed by atoms with van der Waals surface area (Å²) in [5.74, 6) is -0.641. The highest BCUT2D eigenvalue weighted by Crippen LogP contribution is 2.20. The number of amides is 3. The summed E-state index contributed by atoms with van der Waals surface area (Å²) in [5, 5.41) is 7.31. The summed E-state index contributed by atoms with van der Waals surface area (Å²) in [5.41, 5.74) is 0. The van der Waals surface area contributed by atoms with Gasteiger partial charge >= 0.3 is 12.0 Å². The fraction of sp³-hybridized carbons (Fsp3) is 0.278. The number of carbonyl (C=O) groups is 3. The van der Waals surface area contributed by atoms with Gasteiger partial charge < -0.3 is 10.1 Å². The fourth-order valence-corrected chi connectivity index (χ4v) is 3.63. The van der Waals surface area contributed by atoms with Gasteiger partial charge in [0.1, 0.15) is 0 Å². The number of thioether (sulfide) groups is 1. The molecule has 0 saturated heterocycles. The first-order chi connectivity index (χ1) is 13.0. The smallest absolute Gasteiger partial charge is 0.321 e. The van der Waals surface area contributed by atoms with Gasteiger partial charge in [-0.25, -0.2) is 4.79 Å². The molecule has 144 valence electrons. The Morgan fingerprint density at radius 2 is 1.93 bits per heavy atom. The zero-order valence-electron chi connectivity index (χ0n) is 14.4. The number of carbonyl (C=O) groups excluding carboxylic acids is 3. The molecule has 0 fully saturated rings. The molecule has 3 amide bonds. The number of thiophene rings is 1. The molecule has 0 spiro atoms. The molecule has 0 aliphatic heterocycles.